The first kappa shape index (κ1) is 28.1. The third-order valence-corrected chi connectivity index (χ3v) is 6.91. The second-order valence-corrected chi connectivity index (χ2v) is 10.4. The number of carbonyl (C=O) groups excluding carboxylic acids is 2. The first-order valence-electron chi connectivity index (χ1n) is 13.2. The number of phenols is 1. The van der Waals surface area contributed by atoms with Crippen molar-refractivity contribution in [3.8, 4) is 28.6 Å². The summed E-state index contributed by atoms with van der Waals surface area (Å²) in [6.07, 6.45) is 1.73. The fourth-order valence-electron chi connectivity index (χ4n) is 4.97. The molecule has 2 heterocycles. The number of nitrogens with one attached hydrogen (secondary N) is 1. The van der Waals surface area contributed by atoms with Crippen molar-refractivity contribution in [2.75, 3.05) is 20.8 Å². The number of aromatic nitrogens is 3. The number of rotatable bonds is 9. The smallest absolute Gasteiger partial charge is 0.323 e. The maximum absolute atomic E-state index is 13.1. The molecule has 1 fully saturated rings. The van der Waals surface area contributed by atoms with Crippen molar-refractivity contribution in [3.63, 3.8) is 0 Å². The van der Waals surface area contributed by atoms with Crippen LogP contribution in [-0.2, 0) is 16.1 Å². The molecule has 39 heavy (non-hydrogen) atoms. The highest BCUT2D eigenvalue weighted by molar-refractivity contribution is 5.92. The first-order chi connectivity index (χ1) is 18.6. The number of likely N-dealkylation sites (tertiary alicyclic amines) is 1. The number of ether oxygens (including phenoxy) is 2. The number of benzene rings is 2. The number of aromatic hydroxyl groups is 1. The molecule has 1 aliphatic heterocycles. The molecule has 0 bridgehead atoms. The standard InChI is InChI=1S/C29H37N5O5/c1-17(2)21-14-22(24(35)15-25(21)38-5)26-31-32-27(28(36)30-18(3)4)34(26)20-11-9-19(10-12-20)16-33-13-7-8-23(33)29(37)39-6/h9-12,14-15,17-18,23,35H,7-8,13,16H2,1-6H3,(H,30,36). The second-order valence-electron chi connectivity index (χ2n) is 10.4. The zero-order chi connectivity index (χ0) is 28.3. The molecule has 1 amide bonds. The average molecular weight is 536 g/mol. The predicted molar refractivity (Wildman–Crippen MR) is 147 cm³/mol. The summed E-state index contributed by atoms with van der Waals surface area (Å²) in [5.74, 6) is 0.536. The van der Waals surface area contributed by atoms with Crippen LogP contribution in [0.1, 0.15) is 68.2 Å². The number of amides is 1. The number of phenolic OH excluding ortho intramolecular Hbond substituents is 1. The molecule has 3 aromatic rings. The number of esters is 1. The van der Waals surface area contributed by atoms with Crippen LogP contribution < -0.4 is 10.1 Å². The van der Waals surface area contributed by atoms with Crippen molar-refractivity contribution in [2.45, 2.75) is 65.1 Å². The normalized spacial score (nSPS) is 15.6. The molecule has 2 aromatic carbocycles. The van der Waals surface area contributed by atoms with Gasteiger partial charge in [-0.25, -0.2) is 0 Å². The Morgan fingerprint density at radius 3 is 2.44 bits per heavy atom. The number of carbonyl (C=O) groups is 2. The number of hydrogen-bond acceptors (Lipinski definition) is 8. The molecular formula is C29H37N5O5. The van der Waals surface area contributed by atoms with Crippen LogP contribution in [0.4, 0.5) is 0 Å². The molecule has 1 aliphatic rings. The van der Waals surface area contributed by atoms with Gasteiger partial charge in [0, 0.05) is 24.3 Å². The molecule has 0 spiro atoms. The van der Waals surface area contributed by atoms with Gasteiger partial charge in [0.15, 0.2) is 5.82 Å². The van der Waals surface area contributed by atoms with Crippen molar-refractivity contribution >= 4 is 11.9 Å². The topological polar surface area (TPSA) is 119 Å². The van der Waals surface area contributed by atoms with Gasteiger partial charge in [-0.1, -0.05) is 26.0 Å². The van der Waals surface area contributed by atoms with Gasteiger partial charge in [0.05, 0.1) is 19.8 Å². The number of hydrogen-bond donors (Lipinski definition) is 2. The monoisotopic (exact) mass is 535 g/mol. The van der Waals surface area contributed by atoms with E-state index in [-0.39, 0.29) is 41.5 Å². The minimum atomic E-state index is -0.372. The molecule has 1 unspecified atom stereocenters. The lowest BCUT2D eigenvalue weighted by Crippen LogP contribution is -2.36. The Labute approximate surface area is 228 Å². The average Bonchev–Trinajstić information content (AvgIpc) is 3.55. The number of nitrogens with zero attached hydrogens (tertiary/aromatic N) is 4. The van der Waals surface area contributed by atoms with Gasteiger partial charge in [0.1, 0.15) is 17.5 Å². The Balaban J connectivity index is 1.75. The summed E-state index contributed by atoms with van der Waals surface area (Å²) in [6, 6.07) is 10.8. The second kappa shape index (κ2) is 11.9. The highest BCUT2D eigenvalue weighted by Gasteiger charge is 2.31. The first-order valence-corrected chi connectivity index (χ1v) is 13.2. The van der Waals surface area contributed by atoms with Crippen molar-refractivity contribution in [1.29, 1.82) is 0 Å². The zero-order valence-electron chi connectivity index (χ0n) is 23.4. The molecule has 1 atom stereocenters. The van der Waals surface area contributed by atoms with E-state index in [9.17, 15) is 14.7 Å². The van der Waals surface area contributed by atoms with Crippen LogP contribution in [0.3, 0.4) is 0 Å². The van der Waals surface area contributed by atoms with E-state index in [1.54, 1.807) is 17.7 Å². The van der Waals surface area contributed by atoms with Gasteiger partial charge in [-0.05, 0) is 68.5 Å². The summed E-state index contributed by atoms with van der Waals surface area (Å²) in [5, 5.41) is 22.4. The van der Waals surface area contributed by atoms with E-state index >= 15 is 0 Å². The van der Waals surface area contributed by atoms with Crippen molar-refractivity contribution < 1.29 is 24.2 Å². The highest BCUT2D eigenvalue weighted by atomic mass is 16.5. The maximum Gasteiger partial charge on any atom is 0.323 e. The van der Waals surface area contributed by atoms with Crippen LogP contribution in [0.5, 0.6) is 11.5 Å². The quantitative estimate of drug-likeness (QED) is 0.394. The SMILES string of the molecule is COC(=O)C1CCCN1Cc1ccc(-n2c(C(=O)NC(C)C)nnc2-c2cc(C(C)C)c(OC)cc2O)cc1. The van der Waals surface area contributed by atoms with Crippen LogP contribution >= 0.6 is 0 Å². The Morgan fingerprint density at radius 2 is 1.82 bits per heavy atom. The molecular weight excluding hydrogens is 498 g/mol. The molecule has 1 saturated heterocycles. The fourth-order valence-corrected chi connectivity index (χ4v) is 4.97. The predicted octanol–water partition coefficient (Wildman–Crippen LogP) is 4.05. The molecule has 10 heteroatoms. The fraction of sp³-hybridized carbons (Fsp3) is 0.448. The molecule has 2 N–H and O–H groups in total. The van der Waals surface area contributed by atoms with E-state index in [1.165, 1.54) is 7.11 Å². The summed E-state index contributed by atoms with van der Waals surface area (Å²) in [4.78, 5) is 27.4. The summed E-state index contributed by atoms with van der Waals surface area (Å²) in [6.45, 7) is 9.25. The van der Waals surface area contributed by atoms with Crippen LogP contribution in [0, 0.1) is 0 Å². The summed E-state index contributed by atoms with van der Waals surface area (Å²) < 4.78 is 12.1. The summed E-state index contributed by atoms with van der Waals surface area (Å²) >= 11 is 0. The molecule has 4 rings (SSSR count). The van der Waals surface area contributed by atoms with Gasteiger partial charge in [-0.15, -0.1) is 10.2 Å². The summed E-state index contributed by atoms with van der Waals surface area (Å²) in [7, 11) is 2.98. The zero-order valence-corrected chi connectivity index (χ0v) is 23.4. The van der Waals surface area contributed by atoms with Crippen LogP contribution in [0.25, 0.3) is 17.1 Å². The Morgan fingerprint density at radius 1 is 1.10 bits per heavy atom. The lowest BCUT2D eigenvalue weighted by Gasteiger charge is -2.22. The molecule has 0 aliphatic carbocycles. The molecule has 0 saturated carbocycles. The van der Waals surface area contributed by atoms with E-state index in [2.05, 4.69) is 20.4 Å². The van der Waals surface area contributed by atoms with Gasteiger partial charge in [-0.2, -0.15) is 0 Å². The molecule has 10 nitrogen and oxygen atoms in total. The van der Waals surface area contributed by atoms with E-state index < -0.39 is 0 Å². The molecule has 1 aromatic heterocycles. The van der Waals surface area contributed by atoms with Gasteiger partial charge in [0.25, 0.3) is 5.91 Å². The van der Waals surface area contributed by atoms with E-state index in [0.29, 0.717) is 29.4 Å². The van der Waals surface area contributed by atoms with Crippen LogP contribution in [-0.4, -0.2) is 69.5 Å². The summed E-state index contributed by atoms with van der Waals surface area (Å²) in [5.41, 5.74) is 3.03. The van der Waals surface area contributed by atoms with Crippen molar-refractivity contribution in [2.24, 2.45) is 0 Å². The minimum Gasteiger partial charge on any atom is -0.507 e. The van der Waals surface area contributed by atoms with E-state index in [1.807, 2.05) is 58.0 Å². The van der Waals surface area contributed by atoms with Gasteiger partial charge in [-0.3, -0.25) is 19.1 Å². The highest BCUT2D eigenvalue weighted by Crippen LogP contribution is 2.38. The maximum atomic E-state index is 13.1. The lowest BCUT2D eigenvalue weighted by molar-refractivity contribution is -0.146. The van der Waals surface area contributed by atoms with E-state index in [4.69, 9.17) is 9.47 Å². The number of methoxy groups -OCH3 is 2. The Bertz CT molecular complexity index is 1330. The molecule has 208 valence electrons. The third kappa shape index (κ3) is 5.90. The molecule has 0 radical (unpaired) electrons. The van der Waals surface area contributed by atoms with Gasteiger partial charge >= 0.3 is 5.97 Å². The van der Waals surface area contributed by atoms with Crippen LogP contribution in [0.2, 0.25) is 0 Å². The van der Waals surface area contributed by atoms with Gasteiger partial charge < -0.3 is 19.9 Å². The van der Waals surface area contributed by atoms with E-state index in [0.717, 1.165) is 30.5 Å². The minimum absolute atomic E-state index is 0.0276. The third-order valence-electron chi connectivity index (χ3n) is 6.91. The van der Waals surface area contributed by atoms with Crippen LogP contribution in [0.15, 0.2) is 36.4 Å². The van der Waals surface area contributed by atoms with Crippen molar-refractivity contribution in [3.05, 3.63) is 53.3 Å². The van der Waals surface area contributed by atoms with Gasteiger partial charge in [0.2, 0.25) is 5.82 Å². The lowest BCUT2D eigenvalue weighted by atomic mass is 9.98. The Kier molecular flexibility index (Phi) is 8.54. The van der Waals surface area contributed by atoms with Crippen molar-refractivity contribution in [1.82, 2.24) is 25.0 Å². The Hall–Kier alpha value is -3.92. The largest absolute Gasteiger partial charge is 0.507 e.